The summed E-state index contributed by atoms with van der Waals surface area (Å²) in [6.45, 7) is 5.72. The smallest absolute Gasteiger partial charge is 0.243 e. The zero-order valence-electron chi connectivity index (χ0n) is 12.7. The number of halogens is 1. The molecule has 2 aromatic rings. The predicted molar refractivity (Wildman–Crippen MR) is 83.8 cm³/mol. The van der Waals surface area contributed by atoms with Crippen LogP contribution in [0.1, 0.15) is 32.6 Å². The van der Waals surface area contributed by atoms with Crippen molar-refractivity contribution >= 4 is 28.5 Å². The van der Waals surface area contributed by atoms with Crippen molar-refractivity contribution in [3.63, 3.8) is 0 Å². The minimum Gasteiger partial charge on any atom is -0.497 e. The summed E-state index contributed by atoms with van der Waals surface area (Å²) in [5.74, 6) is 1.60. The molecule has 0 aliphatic heterocycles. The van der Waals surface area contributed by atoms with Crippen LogP contribution in [0.3, 0.4) is 0 Å². The fourth-order valence-electron chi connectivity index (χ4n) is 2.30. The van der Waals surface area contributed by atoms with Crippen LogP contribution in [-0.4, -0.2) is 28.6 Å². The van der Waals surface area contributed by atoms with Crippen molar-refractivity contribution in [3.05, 3.63) is 24.0 Å². The van der Waals surface area contributed by atoms with Gasteiger partial charge < -0.3 is 14.6 Å². The Morgan fingerprint density at radius 2 is 2.14 bits per heavy atom. The molecule has 1 amide bonds. The van der Waals surface area contributed by atoms with Gasteiger partial charge in [-0.05, 0) is 32.9 Å². The molecule has 0 spiro atoms. The van der Waals surface area contributed by atoms with Crippen LogP contribution in [0.2, 0.25) is 0 Å². The molecule has 0 radical (unpaired) electrons. The lowest BCUT2D eigenvalue weighted by molar-refractivity contribution is -0.124. The van der Waals surface area contributed by atoms with Gasteiger partial charge in [0, 0.05) is 12.1 Å². The summed E-state index contributed by atoms with van der Waals surface area (Å²) >= 11 is 5.99. The second kappa shape index (κ2) is 6.35. The van der Waals surface area contributed by atoms with E-state index in [9.17, 15) is 4.79 Å². The van der Waals surface area contributed by atoms with Crippen molar-refractivity contribution in [1.29, 1.82) is 0 Å². The minimum atomic E-state index is -0.375. The number of amides is 1. The number of rotatable bonds is 5. The van der Waals surface area contributed by atoms with E-state index in [1.54, 1.807) is 7.11 Å². The van der Waals surface area contributed by atoms with E-state index in [2.05, 4.69) is 10.3 Å². The first-order chi connectivity index (χ1) is 9.97. The molecule has 0 fully saturated rings. The summed E-state index contributed by atoms with van der Waals surface area (Å²) in [6.07, 6.45) is 0. The van der Waals surface area contributed by atoms with Crippen LogP contribution < -0.4 is 10.1 Å². The number of hydrogen-bond donors (Lipinski definition) is 1. The third-order valence-corrected chi connectivity index (χ3v) is 3.53. The van der Waals surface area contributed by atoms with Crippen LogP contribution in [0, 0.1) is 0 Å². The highest BCUT2D eigenvalue weighted by molar-refractivity contribution is 6.17. The standard InChI is InChI=1S/C15H20ClN3O2/c1-9(2)17-15(20)10(3)19-13-6-5-11(21-4)7-12(13)18-14(19)8-16/h5-7,9-10H,8H2,1-4H3,(H,17,20). The fourth-order valence-corrected chi connectivity index (χ4v) is 2.49. The van der Waals surface area contributed by atoms with E-state index in [4.69, 9.17) is 16.3 Å². The van der Waals surface area contributed by atoms with Crippen LogP contribution in [-0.2, 0) is 10.7 Å². The highest BCUT2D eigenvalue weighted by Crippen LogP contribution is 2.26. The van der Waals surface area contributed by atoms with Crippen molar-refractivity contribution in [1.82, 2.24) is 14.9 Å². The molecular weight excluding hydrogens is 290 g/mol. The average molecular weight is 310 g/mol. The Bertz CT molecular complexity index is 652. The minimum absolute atomic E-state index is 0.0496. The molecule has 0 aliphatic rings. The third-order valence-electron chi connectivity index (χ3n) is 3.29. The van der Waals surface area contributed by atoms with Crippen LogP contribution in [0.25, 0.3) is 11.0 Å². The first-order valence-corrected chi connectivity index (χ1v) is 7.42. The molecule has 1 aromatic heterocycles. The van der Waals surface area contributed by atoms with Gasteiger partial charge in [-0.25, -0.2) is 4.98 Å². The maximum Gasteiger partial charge on any atom is 0.243 e. The van der Waals surface area contributed by atoms with Gasteiger partial charge in [0.15, 0.2) is 0 Å². The topological polar surface area (TPSA) is 56.2 Å². The first-order valence-electron chi connectivity index (χ1n) is 6.89. The summed E-state index contributed by atoms with van der Waals surface area (Å²) in [4.78, 5) is 16.8. The van der Waals surface area contributed by atoms with E-state index in [1.807, 2.05) is 43.5 Å². The quantitative estimate of drug-likeness (QED) is 0.864. The number of carbonyl (C=O) groups is 1. The van der Waals surface area contributed by atoms with Crippen LogP contribution in [0.15, 0.2) is 18.2 Å². The molecule has 0 saturated carbocycles. The maximum absolute atomic E-state index is 12.3. The fraction of sp³-hybridized carbons (Fsp3) is 0.467. The van der Waals surface area contributed by atoms with E-state index < -0.39 is 0 Å². The van der Waals surface area contributed by atoms with Gasteiger partial charge >= 0.3 is 0 Å². The molecule has 6 heteroatoms. The molecule has 2 rings (SSSR count). The van der Waals surface area contributed by atoms with Gasteiger partial charge in [0.05, 0.1) is 24.0 Å². The normalized spacial score (nSPS) is 12.7. The molecule has 0 bridgehead atoms. The number of benzene rings is 1. The summed E-state index contributed by atoms with van der Waals surface area (Å²) in [6, 6.07) is 5.31. The largest absolute Gasteiger partial charge is 0.497 e. The highest BCUT2D eigenvalue weighted by Gasteiger charge is 2.21. The van der Waals surface area contributed by atoms with Crippen LogP contribution in [0.5, 0.6) is 5.75 Å². The lowest BCUT2D eigenvalue weighted by Crippen LogP contribution is -2.36. The zero-order chi connectivity index (χ0) is 15.6. The monoisotopic (exact) mass is 309 g/mol. The number of imidazole rings is 1. The molecule has 1 unspecified atom stereocenters. The van der Waals surface area contributed by atoms with Gasteiger partial charge in [-0.2, -0.15) is 0 Å². The Hall–Kier alpha value is -1.75. The number of ether oxygens (including phenoxy) is 1. The van der Waals surface area contributed by atoms with E-state index >= 15 is 0 Å². The van der Waals surface area contributed by atoms with Gasteiger partial charge in [0.25, 0.3) is 0 Å². The molecule has 114 valence electrons. The molecule has 0 aliphatic carbocycles. The maximum atomic E-state index is 12.3. The summed E-state index contributed by atoms with van der Waals surface area (Å²) in [5.41, 5.74) is 1.65. The Balaban J connectivity index is 2.48. The predicted octanol–water partition coefficient (Wildman–Crippen LogP) is 2.87. The van der Waals surface area contributed by atoms with Gasteiger partial charge in [0.2, 0.25) is 5.91 Å². The van der Waals surface area contributed by atoms with Gasteiger partial charge in [0.1, 0.15) is 17.6 Å². The number of methoxy groups -OCH3 is 1. The van der Waals surface area contributed by atoms with E-state index in [-0.39, 0.29) is 23.9 Å². The first kappa shape index (κ1) is 15.6. The SMILES string of the molecule is COc1ccc2c(c1)nc(CCl)n2C(C)C(=O)NC(C)C. The van der Waals surface area contributed by atoms with E-state index in [0.717, 1.165) is 16.8 Å². The van der Waals surface area contributed by atoms with Gasteiger partial charge in [-0.15, -0.1) is 11.6 Å². The van der Waals surface area contributed by atoms with E-state index in [1.165, 1.54) is 0 Å². The number of fused-ring (bicyclic) bond motifs is 1. The van der Waals surface area contributed by atoms with Crippen molar-refractivity contribution in [2.75, 3.05) is 7.11 Å². The lowest BCUT2D eigenvalue weighted by atomic mass is 10.2. The Morgan fingerprint density at radius 1 is 1.43 bits per heavy atom. The third kappa shape index (κ3) is 3.13. The zero-order valence-corrected chi connectivity index (χ0v) is 13.4. The molecular formula is C15H20ClN3O2. The van der Waals surface area contributed by atoms with Crippen LogP contribution >= 0.6 is 11.6 Å². The van der Waals surface area contributed by atoms with Gasteiger partial charge in [-0.1, -0.05) is 0 Å². The second-order valence-electron chi connectivity index (χ2n) is 5.23. The highest BCUT2D eigenvalue weighted by atomic mass is 35.5. The molecule has 21 heavy (non-hydrogen) atoms. The summed E-state index contributed by atoms with van der Waals surface area (Å²) in [7, 11) is 1.61. The number of carbonyl (C=O) groups excluding carboxylic acids is 1. The summed E-state index contributed by atoms with van der Waals surface area (Å²) in [5, 5.41) is 2.91. The van der Waals surface area contributed by atoms with Crippen molar-refractivity contribution < 1.29 is 9.53 Å². The number of alkyl halides is 1. The number of aromatic nitrogens is 2. The van der Waals surface area contributed by atoms with Gasteiger partial charge in [-0.3, -0.25) is 4.79 Å². The molecule has 1 N–H and O–H groups in total. The second-order valence-corrected chi connectivity index (χ2v) is 5.49. The number of hydrogen-bond acceptors (Lipinski definition) is 3. The molecule has 5 nitrogen and oxygen atoms in total. The average Bonchev–Trinajstić information content (AvgIpc) is 2.82. The number of nitrogens with zero attached hydrogens (tertiary/aromatic N) is 2. The Morgan fingerprint density at radius 3 is 2.71 bits per heavy atom. The van der Waals surface area contributed by atoms with Crippen LogP contribution in [0.4, 0.5) is 0 Å². The van der Waals surface area contributed by atoms with Crippen molar-refractivity contribution in [2.45, 2.75) is 38.7 Å². The van der Waals surface area contributed by atoms with Crippen molar-refractivity contribution in [2.24, 2.45) is 0 Å². The summed E-state index contributed by atoms with van der Waals surface area (Å²) < 4.78 is 7.08. The Kier molecular flexibility index (Phi) is 4.73. The molecule has 0 saturated heterocycles. The molecule has 1 atom stereocenters. The molecule has 1 heterocycles. The lowest BCUT2D eigenvalue weighted by Gasteiger charge is -2.18. The Labute approximate surface area is 129 Å². The molecule has 1 aromatic carbocycles. The van der Waals surface area contributed by atoms with E-state index in [0.29, 0.717) is 5.82 Å². The van der Waals surface area contributed by atoms with Crippen molar-refractivity contribution in [3.8, 4) is 5.75 Å². The number of nitrogens with one attached hydrogen (secondary N) is 1.